The number of phenolic OH excluding ortho intramolecular Hbond substituents is 1. The van der Waals surface area contributed by atoms with Crippen molar-refractivity contribution >= 4 is 6.16 Å². The third-order valence-corrected chi connectivity index (χ3v) is 4.74. The van der Waals surface area contributed by atoms with E-state index in [0.717, 1.165) is 30.4 Å². The van der Waals surface area contributed by atoms with Crippen LogP contribution >= 0.6 is 0 Å². The van der Waals surface area contributed by atoms with Gasteiger partial charge >= 0.3 is 6.16 Å². The lowest BCUT2D eigenvalue weighted by atomic mass is 9.89. The Labute approximate surface area is 155 Å². The van der Waals surface area contributed by atoms with Crippen LogP contribution in [0.4, 0.5) is 4.79 Å². The number of hydrogen-bond acceptors (Lipinski definition) is 4. The SMILES string of the molecule is CCCC(C)C(CC)COC(=O)Oc1ccc(-c2ccc(O)cc2)cc1. The standard InChI is InChI=1S/C22H28O4/c1-4-6-16(3)17(5-2)15-25-22(24)26-21-13-9-19(10-14-21)18-7-11-20(23)12-8-18/h7-14,16-17,23H,4-6,15H2,1-3H3. The zero-order valence-corrected chi connectivity index (χ0v) is 15.8. The molecule has 140 valence electrons. The molecule has 26 heavy (non-hydrogen) atoms. The predicted octanol–water partition coefficient (Wildman–Crippen LogP) is 6.04. The summed E-state index contributed by atoms with van der Waals surface area (Å²) in [5.41, 5.74) is 1.96. The van der Waals surface area contributed by atoms with Gasteiger partial charge in [0.25, 0.3) is 0 Å². The highest BCUT2D eigenvalue weighted by molar-refractivity contribution is 5.67. The van der Waals surface area contributed by atoms with Gasteiger partial charge in [-0.2, -0.15) is 0 Å². The number of benzene rings is 2. The lowest BCUT2D eigenvalue weighted by molar-refractivity contribution is 0.0717. The number of aromatic hydroxyl groups is 1. The first-order valence-corrected chi connectivity index (χ1v) is 9.27. The zero-order chi connectivity index (χ0) is 18.9. The maximum atomic E-state index is 11.9. The summed E-state index contributed by atoms with van der Waals surface area (Å²) in [5, 5.41) is 9.35. The van der Waals surface area contributed by atoms with Crippen molar-refractivity contribution in [1.82, 2.24) is 0 Å². The van der Waals surface area contributed by atoms with Crippen molar-refractivity contribution in [3.8, 4) is 22.6 Å². The first-order chi connectivity index (χ1) is 12.5. The molecular formula is C22H28O4. The fourth-order valence-corrected chi connectivity index (χ4v) is 3.05. The quantitative estimate of drug-likeness (QED) is 0.463. The van der Waals surface area contributed by atoms with Crippen LogP contribution in [0.5, 0.6) is 11.5 Å². The molecular weight excluding hydrogens is 328 g/mol. The van der Waals surface area contributed by atoms with Gasteiger partial charge in [-0.25, -0.2) is 4.79 Å². The number of rotatable bonds is 8. The Morgan fingerprint density at radius 3 is 2.12 bits per heavy atom. The Kier molecular flexibility index (Phi) is 7.52. The molecule has 2 unspecified atom stereocenters. The molecule has 0 saturated carbocycles. The predicted molar refractivity (Wildman–Crippen MR) is 103 cm³/mol. The van der Waals surface area contributed by atoms with Gasteiger partial charge in [0.2, 0.25) is 0 Å². The molecule has 0 aliphatic rings. The second kappa shape index (κ2) is 9.85. The Morgan fingerprint density at radius 1 is 1.00 bits per heavy atom. The van der Waals surface area contributed by atoms with E-state index in [0.29, 0.717) is 24.2 Å². The number of phenols is 1. The molecule has 4 nitrogen and oxygen atoms in total. The summed E-state index contributed by atoms with van der Waals surface area (Å²) < 4.78 is 10.6. The van der Waals surface area contributed by atoms with Gasteiger partial charge in [-0.1, -0.05) is 57.9 Å². The Morgan fingerprint density at radius 2 is 1.58 bits per heavy atom. The second-order valence-corrected chi connectivity index (χ2v) is 6.67. The summed E-state index contributed by atoms with van der Waals surface area (Å²) in [6.45, 7) is 6.88. The topological polar surface area (TPSA) is 55.8 Å². The van der Waals surface area contributed by atoms with Crippen molar-refractivity contribution in [2.45, 2.75) is 40.0 Å². The molecule has 0 aliphatic carbocycles. The highest BCUT2D eigenvalue weighted by atomic mass is 16.7. The van der Waals surface area contributed by atoms with E-state index in [4.69, 9.17) is 9.47 Å². The summed E-state index contributed by atoms with van der Waals surface area (Å²) in [7, 11) is 0. The minimum Gasteiger partial charge on any atom is -0.508 e. The minimum absolute atomic E-state index is 0.232. The molecule has 0 bridgehead atoms. The smallest absolute Gasteiger partial charge is 0.508 e. The number of carbonyl (C=O) groups excluding carboxylic acids is 1. The van der Waals surface area contributed by atoms with Crippen molar-refractivity contribution in [2.24, 2.45) is 11.8 Å². The maximum absolute atomic E-state index is 11.9. The fraction of sp³-hybridized carbons (Fsp3) is 0.409. The van der Waals surface area contributed by atoms with Crippen molar-refractivity contribution in [3.05, 3.63) is 48.5 Å². The molecule has 2 rings (SSSR count). The molecule has 0 aromatic heterocycles. The molecule has 0 spiro atoms. The van der Waals surface area contributed by atoms with E-state index >= 15 is 0 Å². The van der Waals surface area contributed by atoms with Gasteiger partial charge in [-0.05, 0) is 53.6 Å². The van der Waals surface area contributed by atoms with Gasteiger partial charge < -0.3 is 14.6 Å². The molecule has 1 N–H and O–H groups in total. The summed E-state index contributed by atoms with van der Waals surface area (Å²) in [6.07, 6.45) is 2.59. The van der Waals surface area contributed by atoms with Gasteiger partial charge in [-0.15, -0.1) is 0 Å². The molecule has 2 aromatic carbocycles. The fourth-order valence-electron chi connectivity index (χ4n) is 3.05. The first-order valence-electron chi connectivity index (χ1n) is 9.27. The lowest BCUT2D eigenvalue weighted by Gasteiger charge is -2.21. The highest BCUT2D eigenvalue weighted by Gasteiger charge is 2.17. The highest BCUT2D eigenvalue weighted by Crippen LogP contribution is 2.25. The molecule has 4 heteroatoms. The van der Waals surface area contributed by atoms with Crippen molar-refractivity contribution in [1.29, 1.82) is 0 Å². The zero-order valence-electron chi connectivity index (χ0n) is 15.8. The normalized spacial score (nSPS) is 13.0. The van der Waals surface area contributed by atoms with Crippen LogP contribution in [0.1, 0.15) is 40.0 Å². The van der Waals surface area contributed by atoms with E-state index < -0.39 is 6.16 Å². The van der Waals surface area contributed by atoms with Crippen LogP contribution < -0.4 is 4.74 Å². The molecule has 0 fully saturated rings. The Balaban J connectivity index is 1.88. The summed E-state index contributed by atoms with van der Waals surface area (Å²) in [5.74, 6) is 1.57. The van der Waals surface area contributed by atoms with E-state index in [2.05, 4.69) is 20.8 Å². The van der Waals surface area contributed by atoms with Crippen molar-refractivity contribution in [3.63, 3.8) is 0 Å². The monoisotopic (exact) mass is 356 g/mol. The maximum Gasteiger partial charge on any atom is 0.513 e. The van der Waals surface area contributed by atoms with Gasteiger partial charge in [0.1, 0.15) is 11.5 Å². The summed E-state index contributed by atoms with van der Waals surface area (Å²) >= 11 is 0. The molecule has 0 aliphatic heterocycles. The van der Waals surface area contributed by atoms with Crippen molar-refractivity contribution in [2.75, 3.05) is 6.61 Å². The number of ether oxygens (including phenoxy) is 2. The van der Waals surface area contributed by atoms with Crippen molar-refractivity contribution < 1.29 is 19.4 Å². The van der Waals surface area contributed by atoms with Crippen LogP contribution in [-0.4, -0.2) is 17.9 Å². The third kappa shape index (κ3) is 5.80. The molecule has 0 amide bonds. The van der Waals surface area contributed by atoms with Gasteiger partial charge in [0.15, 0.2) is 0 Å². The Hall–Kier alpha value is -2.49. The van der Waals surface area contributed by atoms with Gasteiger partial charge in [-0.3, -0.25) is 0 Å². The van der Waals surface area contributed by atoms with Crippen LogP contribution in [0.2, 0.25) is 0 Å². The Bertz CT molecular complexity index is 676. The largest absolute Gasteiger partial charge is 0.513 e. The van der Waals surface area contributed by atoms with E-state index in [-0.39, 0.29) is 5.75 Å². The van der Waals surface area contributed by atoms with Crippen LogP contribution in [0.3, 0.4) is 0 Å². The van der Waals surface area contributed by atoms with Crippen LogP contribution in [0.25, 0.3) is 11.1 Å². The molecule has 0 heterocycles. The lowest BCUT2D eigenvalue weighted by Crippen LogP contribution is -2.21. The number of hydrogen-bond donors (Lipinski definition) is 1. The number of carbonyl (C=O) groups is 1. The average molecular weight is 356 g/mol. The first kappa shape index (κ1) is 19.8. The second-order valence-electron chi connectivity index (χ2n) is 6.67. The molecule has 2 aromatic rings. The van der Waals surface area contributed by atoms with E-state index in [9.17, 15) is 9.90 Å². The minimum atomic E-state index is -0.662. The van der Waals surface area contributed by atoms with E-state index in [1.807, 2.05) is 24.3 Å². The molecule has 0 radical (unpaired) electrons. The van der Waals surface area contributed by atoms with Crippen LogP contribution in [0, 0.1) is 11.8 Å². The molecule has 0 saturated heterocycles. The average Bonchev–Trinajstić information content (AvgIpc) is 2.64. The summed E-state index contributed by atoms with van der Waals surface area (Å²) in [6, 6.07) is 14.2. The van der Waals surface area contributed by atoms with E-state index in [1.54, 1.807) is 24.3 Å². The van der Waals surface area contributed by atoms with Crippen LogP contribution in [-0.2, 0) is 4.74 Å². The third-order valence-electron chi connectivity index (χ3n) is 4.74. The van der Waals surface area contributed by atoms with E-state index in [1.165, 1.54) is 0 Å². The van der Waals surface area contributed by atoms with Gasteiger partial charge in [0, 0.05) is 0 Å². The summed E-state index contributed by atoms with van der Waals surface area (Å²) in [4.78, 5) is 11.9. The molecule has 2 atom stereocenters. The van der Waals surface area contributed by atoms with Crippen LogP contribution in [0.15, 0.2) is 48.5 Å². The van der Waals surface area contributed by atoms with Gasteiger partial charge in [0.05, 0.1) is 6.61 Å².